The number of hydrogen-bond acceptors (Lipinski definition) is 1. The highest BCUT2D eigenvalue weighted by Crippen LogP contribution is 2.30. The van der Waals surface area contributed by atoms with Crippen molar-refractivity contribution >= 4 is 11.6 Å². The molecule has 1 aromatic rings. The van der Waals surface area contributed by atoms with Crippen LogP contribution in [0.3, 0.4) is 0 Å². The van der Waals surface area contributed by atoms with E-state index in [-0.39, 0.29) is 16.5 Å². The average Bonchev–Trinajstić information content (AvgIpc) is 2.03. The maximum atomic E-state index is 13.2. The Kier molecular flexibility index (Phi) is 3.28. The lowest BCUT2D eigenvalue weighted by Gasteiger charge is -2.16. The zero-order valence-corrected chi connectivity index (χ0v) is 8.35. The number of hydrogen-bond donors (Lipinski definition) is 1. The Morgan fingerprint density at radius 3 is 2.46 bits per heavy atom. The van der Waals surface area contributed by atoms with Crippen molar-refractivity contribution in [2.24, 2.45) is 5.92 Å². The smallest absolute Gasteiger partial charge is 0.130 e. The predicted molar refractivity (Wildman–Crippen MR) is 51.2 cm³/mol. The molecule has 0 aliphatic rings. The molecule has 0 saturated carbocycles. The van der Waals surface area contributed by atoms with Gasteiger partial charge in [-0.15, -0.1) is 0 Å². The van der Waals surface area contributed by atoms with E-state index in [1.807, 2.05) is 13.8 Å². The Morgan fingerprint density at radius 2 is 2.00 bits per heavy atom. The SMILES string of the molecule is CC(C)C(O)c1c(F)cccc1Cl. The van der Waals surface area contributed by atoms with Gasteiger partial charge < -0.3 is 5.11 Å². The highest BCUT2D eigenvalue weighted by atomic mass is 35.5. The Labute approximate surface area is 82.2 Å². The van der Waals surface area contributed by atoms with Crippen LogP contribution >= 0.6 is 11.6 Å². The molecule has 0 aromatic heterocycles. The summed E-state index contributed by atoms with van der Waals surface area (Å²) in [7, 11) is 0. The first-order valence-electron chi connectivity index (χ1n) is 4.16. The van der Waals surface area contributed by atoms with E-state index in [4.69, 9.17) is 11.6 Å². The molecule has 0 amide bonds. The van der Waals surface area contributed by atoms with Gasteiger partial charge in [0.05, 0.1) is 6.10 Å². The second-order valence-electron chi connectivity index (χ2n) is 3.32. The van der Waals surface area contributed by atoms with E-state index in [1.54, 1.807) is 6.07 Å². The van der Waals surface area contributed by atoms with E-state index < -0.39 is 11.9 Å². The van der Waals surface area contributed by atoms with E-state index in [0.717, 1.165) is 0 Å². The Balaban J connectivity index is 3.12. The van der Waals surface area contributed by atoms with Crippen molar-refractivity contribution in [1.29, 1.82) is 0 Å². The van der Waals surface area contributed by atoms with Gasteiger partial charge in [0.15, 0.2) is 0 Å². The van der Waals surface area contributed by atoms with Gasteiger partial charge in [-0.05, 0) is 18.1 Å². The molecule has 1 N–H and O–H groups in total. The minimum Gasteiger partial charge on any atom is -0.388 e. The van der Waals surface area contributed by atoms with E-state index in [9.17, 15) is 9.50 Å². The maximum absolute atomic E-state index is 13.2. The summed E-state index contributed by atoms with van der Waals surface area (Å²) in [6, 6.07) is 4.40. The molecular formula is C10H12ClFO. The van der Waals surface area contributed by atoms with Crippen molar-refractivity contribution in [1.82, 2.24) is 0 Å². The van der Waals surface area contributed by atoms with Gasteiger partial charge in [0, 0.05) is 10.6 Å². The summed E-state index contributed by atoms with van der Waals surface area (Å²) in [4.78, 5) is 0. The number of halogens is 2. The van der Waals surface area contributed by atoms with E-state index in [0.29, 0.717) is 0 Å². The van der Waals surface area contributed by atoms with Gasteiger partial charge in [-0.3, -0.25) is 0 Å². The normalized spacial score (nSPS) is 13.4. The topological polar surface area (TPSA) is 20.2 Å². The first-order valence-corrected chi connectivity index (χ1v) is 4.53. The quantitative estimate of drug-likeness (QED) is 0.781. The first kappa shape index (κ1) is 10.5. The van der Waals surface area contributed by atoms with Crippen molar-refractivity contribution in [2.45, 2.75) is 20.0 Å². The molecule has 0 bridgehead atoms. The van der Waals surface area contributed by atoms with E-state index in [2.05, 4.69) is 0 Å². The lowest BCUT2D eigenvalue weighted by molar-refractivity contribution is 0.123. The second-order valence-corrected chi connectivity index (χ2v) is 3.73. The van der Waals surface area contributed by atoms with Crippen LogP contribution in [0.15, 0.2) is 18.2 Å². The first-order chi connectivity index (χ1) is 6.04. The third-order valence-corrected chi connectivity index (χ3v) is 2.26. The van der Waals surface area contributed by atoms with Gasteiger partial charge in [-0.25, -0.2) is 4.39 Å². The highest BCUT2D eigenvalue weighted by Gasteiger charge is 2.18. The third-order valence-electron chi connectivity index (χ3n) is 1.93. The maximum Gasteiger partial charge on any atom is 0.130 e. The molecule has 3 heteroatoms. The predicted octanol–water partition coefficient (Wildman–Crippen LogP) is 3.17. The molecule has 1 nitrogen and oxygen atoms in total. The molecule has 0 radical (unpaired) electrons. The van der Waals surface area contributed by atoms with Crippen LogP contribution < -0.4 is 0 Å². The van der Waals surface area contributed by atoms with Crippen LogP contribution in [0.4, 0.5) is 4.39 Å². The summed E-state index contributed by atoms with van der Waals surface area (Å²) >= 11 is 5.77. The number of benzene rings is 1. The van der Waals surface area contributed by atoms with Gasteiger partial charge in [0.2, 0.25) is 0 Å². The number of rotatable bonds is 2. The molecular weight excluding hydrogens is 191 g/mol. The molecule has 1 rings (SSSR count). The molecule has 0 saturated heterocycles. The zero-order valence-electron chi connectivity index (χ0n) is 7.59. The molecule has 0 fully saturated rings. The van der Waals surface area contributed by atoms with Crippen molar-refractivity contribution < 1.29 is 9.50 Å². The van der Waals surface area contributed by atoms with Gasteiger partial charge in [0.1, 0.15) is 5.82 Å². The van der Waals surface area contributed by atoms with E-state index in [1.165, 1.54) is 12.1 Å². The van der Waals surface area contributed by atoms with Crippen LogP contribution in [0.1, 0.15) is 25.5 Å². The molecule has 72 valence electrons. The van der Waals surface area contributed by atoms with Crippen LogP contribution in [0, 0.1) is 11.7 Å². The van der Waals surface area contributed by atoms with Crippen LogP contribution in [0.5, 0.6) is 0 Å². The van der Waals surface area contributed by atoms with Crippen molar-refractivity contribution in [3.8, 4) is 0 Å². The molecule has 0 heterocycles. The molecule has 0 spiro atoms. The number of aliphatic hydroxyl groups excluding tert-OH is 1. The van der Waals surface area contributed by atoms with Gasteiger partial charge in [0.25, 0.3) is 0 Å². The summed E-state index contributed by atoms with van der Waals surface area (Å²) in [6.07, 6.45) is -0.839. The Bertz CT molecular complexity index is 279. The molecule has 1 atom stereocenters. The fourth-order valence-corrected chi connectivity index (χ4v) is 1.40. The monoisotopic (exact) mass is 202 g/mol. The Morgan fingerprint density at radius 1 is 1.38 bits per heavy atom. The third kappa shape index (κ3) is 2.20. The summed E-state index contributed by atoms with van der Waals surface area (Å²) in [5.74, 6) is -0.497. The van der Waals surface area contributed by atoms with Crippen LogP contribution in [-0.2, 0) is 0 Å². The fraction of sp³-hybridized carbons (Fsp3) is 0.400. The van der Waals surface area contributed by atoms with Crippen molar-refractivity contribution in [2.75, 3.05) is 0 Å². The second kappa shape index (κ2) is 4.07. The lowest BCUT2D eigenvalue weighted by atomic mass is 9.99. The van der Waals surface area contributed by atoms with E-state index >= 15 is 0 Å². The minimum atomic E-state index is -0.839. The largest absolute Gasteiger partial charge is 0.388 e. The van der Waals surface area contributed by atoms with Gasteiger partial charge >= 0.3 is 0 Å². The summed E-state index contributed by atoms with van der Waals surface area (Å²) in [5.41, 5.74) is 0.194. The number of aliphatic hydroxyl groups is 1. The average molecular weight is 203 g/mol. The summed E-state index contributed by atoms with van der Waals surface area (Å²) in [5, 5.41) is 9.91. The molecule has 1 unspecified atom stereocenters. The van der Waals surface area contributed by atoms with Crippen LogP contribution in [-0.4, -0.2) is 5.11 Å². The van der Waals surface area contributed by atoms with Crippen LogP contribution in [0.2, 0.25) is 5.02 Å². The molecule has 13 heavy (non-hydrogen) atoms. The summed E-state index contributed by atoms with van der Waals surface area (Å²) < 4.78 is 13.2. The minimum absolute atomic E-state index is 0.0469. The standard InChI is InChI=1S/C10H12ClFO/c1-6(2)10(13)9-7(11)4-3-5-8(9)12/h3-6,10,13H,1-2H3. The Hall–Kier alpha value is -0.600. The highest BCUT2D eigenvalue weighted by molar-refractivity contribution is 6.31. The van der Waals surface area contributed by atoms with Crippen molar-refractivity contribution in [3.63, 3.8) is 0 Å². The summed E-state index contributed by atoms with van der Waals surface area (Å²) in [6.45, 7) is 3.63. The van der Waals surface area contributed by atoms with Gasteiger partial charge in [-0.2, -0.15) is 0 Å². The lowest BCUT2D eigenvalue weighted by Crippen LogP contribution is -2.08. The van der Waals surface area contributed by atoms with Crippen LogP contribution in [0.25, 0.3) is 0 Å². The zero-order chi connectivity index (χ0) is 10.0. The van der Waals surface area contributed by atoms with Gasteiger partial charge in [-0.1, -0.05) is 31.5 Å². The fourth-order valence-electron chi connectivity index (χ4n) is 1.13. The molecule has 0 aliphatic heterocycles. The molecule has 0 aliphatic carbocycles. The van der Waals surface area contributed by atoms with Crippen molar-refractivity contribution in [3.05, 3.63) is 34.6 Å². The molecule has 1 aromatic carbocycles.